The molecule has 0 fully saturated rings. The number of benzene rings is 1. The van der Waals surface area contributed by atoms with Gasteiger partial charge in [-0.3, -0.25) is 4.79 Å². The fourth-order valence-electron chi connectivity index (χ4n) is 1.66. The molecule has 5 heteroatoms. The summed E-state index contributed by atoms with van der Waals surface area (Å²) in [7, 11) is 0. The first-order valence-corrected chi connectivity index (χ1v) is 7.57. The molecular weight excluding hydrogens is 324 g/mol. The number of aryl methyl sites for hydroxylation is 1. The second-order valence-corrected chi connectivity index (χ2v) is 6.11. The second-order valence-electron chi connectivity index (χ2n) is 4.26. The quantitative estimate of drug-likeness (QED) is 0.867. The van der Waals surface area contributed by atoms with Crippen LogP contribution in [0, 0.1) is 6.92 Å². The minimum atomic E-state index is -0.0438. The van der Waals surface area contributed by atoms with E-state index in [9.17, 15) is 4.79 Å². The van der Waals surface area contributed by atoms with Gasteiger partial charge in [-0.1, -0.05) is 22.0 Å². The summed E-state index contributed by atoms with van der Waals surface area (Å²) in [5.41, 5.74) is 3.15. The smallest absolute Gasteiger partial charge is 0.221 e. The third-order valence-electron chi connectivity index (χ3n) is 2.68. The summed E-state index contributed by atoms with van der Waals surface area (Å²) in [4.78, 5) is 12.2. The average Bonchev–Trinajstić information content (AvgIpc) is 2.77. The van der Waals surface area contributed by atoms with E-state index in [0.29, 0.717) is 6.54 Å². The zero-order valence-corrected chi connectivity index (χ0v) is 13.2. The largest absolute Gasteiger partial charge is 0.380 e. The Morgan fingerprint density at radius 1 is 1.37 bits per heavy atom. The third-order valence-corrected chi connectivity index (χ3v) is 4.46. The highest BCUT2D eigenvalue weighted by molar-refractivity contribution is 9.10. The first-order chi connectivity index (χ1) is 9.06. The lowest BCUT2D eigenvalue weighted by Crippen LogP contribution is -2.08. The highest BCUT2D eigenvalue weighted by atomic mass is 79.9. The van der Waals surface area contributed by atoms with Crippen LogP contribution in [-0.4, -0.2) is 5.91 Å². The number of rotatable bonds is 4. The highest BCUT2D eigenvalue weighted by Crippen LogP contribution is 2.25. The molecular formula is C14H15BrN2OS. The van der Waals surface area contributed by atoms with Crippen LogP contribution in [-0.2, 0) is 11.3 Å². The van der Waals surface area contributed by atoms with Crippen molar-refractivity contribution in [3.8, 4) is 0 Å². The monoisotopic (exact) mass is 338 g/mol. The molecule has 100 valence electrons. The van der Waals surface area contributed by atoms with E-state index in [1.54, 1.807) is 11.3 Å². The second kappa shape index (κ2) is 6.21. The molecule has 1 aromatic carbocycles. The first-order valence-electron chi connectivity index (χ1n) is 5.90. The van der Waals surface area contributed by atoms with Gasteiger partial charge in [0.25, 0.3) is 0 Å². The molecule has 1 heterocycles. The summed E-state index contributed by atoms with van der Waals surface area (Å²) >= 11 is 5.15. The average molecular weight is 339 g/mol. The van der Waals surface area contributed by atoms with Crippen molar-refractivity contribution in [3.05, 3.63) is 44.6 Å². The van der Waals surface area contributed by atoms with Crippen LogP contribution in [0.3, 0.4) is 0 Å². The number of carbonyl (C=O) groups excluding carboxylic acids is 1. The van der Waals surface area contributed by atoms with Gasteiger partial charge in [0.05, 0.1) is 12.2 Å². The van der Waals surface area contributed by atoms with Gasteiger partial charge in [0, 0.05) is 22.0 Å². The van der Waals surface area contributed by atoms with E-state index in [4.69, 9.17) is 0 Å². The third kappa shape index (κ3) is 3.81. The first kappa shape index (κ1) is 14.1. The van der Waals surface area contributed by atoms with Crippen molar-refractivity contribution in [2.45, 2.75) is 20.4 Å². The zero-order valence-electron chi connectivity index (χ0n) is 10.8. The number of carbonyl (C=O) groups is 1. The van der Waals surface area contributed by atoms with Crippen LogP contribution in [0.15, 0.2) is 34.1 Å². The lowest BCUT2D eigenvalue weighted by atomic mass is 10.2. The van der Waals surface area contributed by atoms with Crippen LogP contribution in [0.25, 0.3) is 0 Å². The van der Waals surface area contributed by atoms with Crippen LogP contribution in [0.5, 0.6) is 0 Å². The van der Waals surface area contributed by atoms with Gasteiger partial charge in [0.15, 0.2) is 0 Å². The maximum Gasteiger partial charge on any atom is 0.221 e. The van der Waals surface area contributed by atoms with Crippen molar-refractivity contribution >= 4 is 44.5 Å². The van der Waals surface area contributed by atoms with Crippen LogP contribution < -0.4 is 10.6 Å². The van der Waals surface area contributed by atoms with Gasteiger partial charge in [0.2, 0.25) is 5.91 Å². The summed E-state index contributed by atoms with van der Waals surface area (Å²) in [5.74, 6) is -0.0438. The van der Waals surface area contributed by atoms with Gasteiger partial charge in [-0.2, -0.15) is 0 Å². The Kier molecular flexibility index (Phi) is 4.61. The summed E-state index contributed by atoms with van der Waals surface area (Å²) in [5, 5.41) is 8.17. The predicted octanol–water partition coefficient (Wildman–Crippen LogP) is 4.39. The van der Waals surface area contributed by atoms with Gasteiger partial charge in [0.1, 0.15) is 0 Å². The molecule has 0 atom stereocenters. The summed E-state index contributed by atoms with van der Waals surface area (Å²) in [6, 6.07) is 8.09. The van der Waals surface area contributed by atoms with Crippen LogP contribution >= 0.6 is 27.3 Å². The standard InChI is InChI=1S/C14H15BrN2OS/c1-9-3-4-11(7-12(9)15)16-8-14-13(5-6-19-14)17-10(2)18/h3-7,16H,8H2,1-2H3,(H,17,18). The number of hydrogen-bond acceptors (Lipinski definition) is 3. The van der Waals surface area contributed by atoms with E-state index in [1.807, 2.05) is 17.5 Å². The normalized spacial score (nSPS) is 10.3. The Morgan fingerprint density at radius 2 is 2.16 bits per heavy atom. The number of anilines is 2. The van der Waals surface area contributed by atoms with Gasteiger partial charge in [-0.25, -0.2) is 0 Å². The fraction of sp³-hybridized carbons (Fsp3) is 0.214. The molecule has 0 aliphatic heterocycles. The fourth-order valence-corrected chi connectivity index (χ4v) is 2.81. The highest BCUT2D eigenvalue weighted by Gasteiger charge is 2.06. The molecule has 0 saturated heterocycles. The van der Waals surface area contributed by atoms with E-state index >= 15 is 0 Å². The zero-order chi connectivity index (χ0) is 13.8. The molecule has 0 radical (unpaired) electrons. The molecule has 0 aliphatic carbocycles. The number of nitrogens with one attached hydrogen (secondary N) is 2. The van der Waals surface area contributed by atoms with Crippen LogP contribution in [0.4, 0.5) is 11.4 Å². The molecule has 0 aliphatic rings. The molecule has 1 aromatic heterocycles. The van der Waals surface area contributed by atoms with Crippen molar-refractivity contribution in [2.75, 3.05) is 10.6 Å². The minimum Gasteiger partial charge on any atom is -0.380 e. The summed E-state index contributed by atoms with van der Waals surface area (Å²) < 4.78 is 1.09. The minimum absolute atomic E-state index is 0.0438. The molecule has 1 amide bonds. The van der Waals surface area contributed by atoms with Crippen molar-refractivity contribution in [1.29, 1.82) is 0 Å². The Bertz CT molecular complexity index is 595. The Balaban J connectivity index is 2.04. The van der Waals surface area contributed by atoms with Crippen LogP contribution in [0.1, 0.15) is 17.4 Å². The molecule has 0 saturated carbocycles. The maximum absolute atomic E-state index is 11.1. The predicted molar refractivity (Wildman–Crippen MR) is 84.8 cm³/mol. The van der Waals surface area contributed by atoms with E-state index in [-0.39, 0.29) is 5.91 Å². The van der Waals surface area contributed by atoms with Gasteiger partial charge < -0.3 is 10.6 Å². The van der Waals surface area contributed by atoms with Gasteiger partial charge in [-0.15, -0.1) is 11.3 Å². The van der Waals surface area contributed by atoms with Crippen molar-refractivity contribution in [1.82, 2.24) is 0 Å². The summed E-state index contributed by atoms with van der Waals surface area (Å²) in [6.45, 7) is 4.27. The maximum atomic E-state index is 11.1. The van der Waals surface area contributed by atoms with Crippen molar-refractivity contribution in [2.24, 2.45) is 0 Å². The van der Waals surface area contributed by atoms with E-state index in [2.05, 4.69) is 45.6 Å². The van der Waals surface area contributed by atoms with Crippen LogP contribution in [0.2, 0.25) is 0 Å². The molecule has 2 rings (SSSR count). The van der Waals surface area contributed by atoms with Crippen molar-refractivity contribution in [3.63, 3.8) is 0 Å². The molecule has 0 unspecified atom stereocenters. The SMILES string of the molecule is CC(=O)Nc1ccsc1CNc1ccc(C)c(Br)c1. The van der Waals surface area contributed by atoms with E-state index < -0.39 is 0 Å². The van der Waals surface area contributed by atoms with Crippen molar-refractivity contribution < 1.29 is 4.79 Å². The number of halogens is 1. The molecule has 3 nitrogen and oxygen atoms in total. The van der Waals surface area contributed by atoms with E-state index in [0.717, 1.165) is 20.7 Å². The number of thiophene rings is 1. The molecule has 0 spiro atoms. The Morgan fingerprint density at radius 3 is 2.84 bits per heavy atom. The molecule has 2 aromatic rings. The van der Waals surface area contributed by atoms with E-state index in [1.165, 1.54) is 12.5 Å². The Hall–Kier alpha value is -1.33. The number of hydrogen-bond donors (Lipinski definition) is 2. The summed E-state index contributed by atoms with van der Waals surface area (Å²) in [6.07, 6.45) is 0. The lowest BCUT2D eigenvalue weighted by Gasteiger charge is -2.09. The number of amides is 1. The molecule has 19 heavy (non-hydrogen) atoms. The molecule has 2 N–H and O–H groups in total. The van der Waals surface area contributed by atoms with Gasteiger partial charge >= 0.3 is 0 Å². The topological polar surface area (TPSA) is 41.1 Å². The lowest BCUT2D eigenvalue weighted by molar-refractivity contribution is -0.114. The Labute approximate surface area is 125 Å². The molecule has 0 bridgehead atoms. The van der Waals surface area contributed by atoms with Gasteiger partial charge in [-0.05, 0) is 36.1 Å².